The molecule has 2 unspecified atom stereocenters. The van der Waals surface area contributed by atoms with Gasteiger partial charge < -0.3 is 14.2 Å². The van der Waals surface area contributed by atoms with Gasteiger partial charge in [-0.25, -0.2) is 4.79 Å². The first-order chi connectivity index (χ1) is 13.6. The van der Waals surface area contributed by atoms with Crippen molar-refractivity contribution in [3.8, 4) is 34.4 Å². The average molecular weight is 371 g/mol. The summed E-state index contributed by atoms with van der Waals surface area (Å²) in [6.07, 6.45) is -1.30. The molecule has 2 atom stereocenters. The first kappa shape index (κ1) is 17.6. The van der Waals surface area contributed by atoms with Crippen LogP contribution in [-0.2, 0) is 4.79 Å². The van der Waals surface area contributed by atoms with Crippen LogP contribution in [0.15, 0.2) is 72.8 Å². The Morgan fingerprint density at radius 3 is 2.07 bits per heavy atom. The van der Waals surface area contributed by atoms with Crippen molar-refractivity contribution in [3.63, 3.8) is 0 Å². The Kier molecular flexibility index (Phi) is 4.69. The molecule has 0 radical (unpaired) electrons. The maximum absolute atomic E-state index is 12.6. The molecule has 0 N–H and O–H groups in total. The molecule has 28 heavy (non-hydrogen) atoms. The molecule has 5 nitrogen and oxygen atoms in total. The van der Waals surface area contributed by atoms with Gasteiger partial charge in [0, 0.05) is 0 Å². The molecule has 0 amide bonds. The number of rotatable bonds is 3. The van der Waals surface area contributed by atoms with E-state index >= 15 is 0 Å². The number of hydrogen-bond donors (Lipinski definition) is 0. The highest BCUT2D eigenvalue weighted by Crippen LogP contribution is 2.34. The van der Waals surface area contributed by atoms with E-state index in [0.717, 1.165) is 11.1 Å². The zero-order chi connectivity index (χ0) is 19.5. The van der Waals surface area contributed by atoms with Crippen LogP contribution in [0.1, 0.15) is 12.5 Å². The molecule has 0 aliphatic carbocycles. The second kappa shape index (κ2) is 7.45. The quantitative estimate of drug-likeness (QED) is 0.505. The molecule has 0 bridgehead atoms. The lowest BCUT2D eigenvalue weighted by Gasteiger charge is -2.30. The second-order valence-electron chi connectivity index (χ2n) is 6.44. The molecule has 138 valence electrons. The summed E-state index contributed by atoms with van der Waals surface area (Å²) >= 11 is 0. The molecule has 4 rings (SSSR count). The number of nitrogens with zero attached hydrogens (tertiary/aromatic N) is 1. The number of esters is 1. The van der Waals surface area contributed by atoms with Crippen molar-refractivity contribution in [3.05, 3.63) is 78.4 Å². The average Bonchev–Trinajstić information content (AvgIpc) is 2.74. The highest BCUT2D eigenvalue weighted by atomic mass is 16.6. The van der Waals surface area contributed by atoms with E-state index < -0.39 is 18.2 Å². The number of fused-ring (bicyclic) bond motifs is 1. The molecule has 3 aromatic rings. The number of benzene rings is 3. The Labute approximate surface area is 162 Å². The maximum atomic E-state index is 12.6. The summed E-state index contributed by atoms with van der Waals surface area (Å²) in [6.45, 7) is 1.77. The van der Waals surface area contributed by atoms with Crippen LogP contribution in [0.4, 0.5) is 0 Å². The third-order valence-electron chi connectivity index (χ3n) is 4.49. The third-order valence-corrected chi connectivity index (χ3v) is 4.49. The van der Waals surface area contributed by atoms with E-state index in [1.54, 1.807) is 43.3 Å². The predicted molar refractivity (Wildman–Crippen MR) is 103 cm³/mol. The van der Waals surface area contributed by atoms with Crippen molar-refractivity contribution < 1.29 is 19.0 Å². The van der Waals surface area contributed by atoms with Gasteiger partial charge in [-0.1, -0.05) is 36.4 Å². The summed E-state index contributed by atoms with van der Waals surface area (Å²) in [6, 6.07) is 23.8. The standard InChI is InChI=1S/C23H17NO4/c1-15-22(28-21-5-3-2-4-20(21)26-15)23(25)27-19-12-10-18(11-13-19)17-8-6-16(14-24)7-9-17/h2-13,15,22H,1H3. The van der Waals surface area contributed by atoms with Crippen LogP contribution in [0, 0.1) is 11.3 Å². The molecular weight excluding hydrogens is 354 g/mol. The van der Waals surface area contributed by atoms with E-state index in [-0.39, 0.29) is 0 Å². The summed E-state index contributed by atoms with van der Waals surface area (Å²) in [5.41, 5.74) is 2.55. The van der Waals surface area contributed by atoms with E-state index in [2.05, 4.69) is 6.07 Å². The SMILES string of the molecule is CC1Oc2ccccc2OC1C(=O)Oc1ccc(-c2ccc(C#N)cc2)cc1. The number of para-hydroxylation sites is 2. The van der Waals surface area contributed by atoms with Crippen LogP contribution in [0.25, 0.3) is 11.1 Å². The smallest absolute Gasteiger partial charge is 0.356 e. The van der Waals surface area contributed by atoms with Crippen LogP contribution < -0.4 is 14.2 Å². The van der Waals surface area contributed by atoms with Gasteiger partial charge >= 0.3 is 5.97 Å². The van der Waals surface area contributed by atoms with Gasteiger partial charge in [0.2, 0.25) is 6.10 Å². The molecule has 5 heteroatoms. The summed E-state index contributed by atoms with van der Waals surface area (Å²) in [5.74, 6) is 1.06. The van der Waals surface area contributed by atoms with Gasteiger partial charge in [0.05, 0.1) is 11.6 Å². The Hall–Kier alpha value is -3.78. The normalized spacial score (nSPS) is 17.4. The molecule has 1 aliphatic rings. The monoisotopic (exact) mass is 371 g/mol. The van der Waals surface area contributed by atoms with Crippen LogP contribution in [0.2, 0.25) is 0 Å². The van der Waals surface area contributed by atoms with Crippen molar-refractivity contribution in [1.82, 2.24) is 0 Å². The molecular formula is C23H17NO4. The van der Waals surface area contributed by atoms with Crippen LogP contribution in [0.5, 0.6) is 17.2 Å². The Morgan fingerprint density at radius 1 is 0.893 bits per heavy atom. The molecule has 1 heterocycles. The molecule has 0 saturated heterocycles. The van der Waals surface area contributed by atoms with Gasteiger partial charge in [-0.15, -0.1) is 0 Å². The minimum Gasteiger partial charge on any atom is -0.482 e. The molecule has 0 aromatic heterocycles. The summed E-state index contributed by atoms with van der Waals surface area (Å²) in [7, 11) is 0. The van der Waals surface area contributed by atoms with Crippen LogP contribution >= 0.6 is 0 Å². The van der Waals surface area contributed by atoms with E-state index in [1.807, 2.05) is 36.4 Å². The van der Waals surface area contributed by atoms with Crippen molar-refractivity contribution in [1.29, 1.82) is 5.26 Å². The molecule has 0 fully saturated rings. The van der Waals surface area contributed by atoms with Crippen molar-refractivity contribution in [2.45, 2.75) is 19.1 Å². The van der Waals surface area contributed by atoms with E-state index in [1.165, 1.54) is 0 Å². The number of nitriles is 1. The zero-order valence-corrected chi connectivity index (χ0v) is 15.2. The fraction of sp³-hybridized carbons (Fsp3) is 0.130. The van der Waals surface area contributed by atoms with Crippen molar-refractivity contribution >= 4 is 5.97 Å². The largest absolute Gasteiger partial charge is 0.482 e. The third kappa shape index (κ3) is 3.53. The molecule has 3 aromatic carbocycles. The van der Waals surface area contributed by atoms with Crippen molar-refractivity contribution in [2.75, 3.05) is 0 Å². The Morgan fingerprint density at radius 2 is 1.46 bits per heavy atom. The number of ether oxygens (including phenoxy) is 3. The molecule has 0 spiro atoms. The number of hydrogen-bond acceptors (Lipinski definition) is 5. The fourth-order valence-electron chi connectivity index (χ4n) is 3.01. The number of carbonyl (C=O) groups excluding carboxylic acids is 1. The highest BCUT2D eigenvalue weighted by molar-refractivity contribution is 5.79. The van der Waals surface area contributed by atoms with Gasteiger partial charge in [-0.2, -0.15) is 5.26 Å². The zero-order valence-electron chi connectivity index (χ0n) is 15.2. The van der Waals surface area contributed by atoms with E-state index in [0.29, 0.717) is 22.8 Å². The van der Waals surface area contributed by atoms with Gasteiger partial charge in [0.25, 0.3) is 0 Å². The molecule has 1 aliphatic heterocycles. The van der Waals surface area contributed by atoms with Gasteiger partial charge in [-0.05, 0) is 54.4 Å². The van der Waals surface area contributed by atoms with Gasteiger partial charge in [0.15, 0.2) is 11.5 Å². The summed E-state index contributed by atoms with van der Waals surface area (Å²) < 4.78 is 17.0. The minimum atomic E-state index is -0.840. The second-order valence-corrected chi connectivity index (χ2v) is 6.44. The summed E-state index contributed by atoms with van der Waals surface area (Å²) in [4.78, 5) is 12.6. The Bertz CT molecular complexity index is 1040. The highest BCUT2D eigenvalue weighted by Gasteiger charge is 2.35. The minimum absolute atomic E-state index is 0.428. The lowest BCUT2D eigenvalue weighted by molar-refractivity contribution is -0.147. The van der Waals surface area contributed by atoms with Crippen LogP contribution in [0.3, 0.4) is 0 Å². The van der Waals surface area contributed by atoms with Gasteiger partial charge in [-0.3, -0.25) is 0 Å². The van der Waals surface area contributed by atoms with E-state index in [9.17, 15) is 4.79 Å². The first-order valence-corrected chi connectivity index (χ1v) is 8.89. The predicted octanol–water partition coefficient (Wildman–Crippen LogP) is 4.36. The van der Waals surface area contributed by atoms with Crippen LogP contribution in [-0.4, -0.2) is 18.2 Å². The lowest BCUT2D eigenvalue weighted by atomic mass is 10.0. The number of carbonyl (C=O) groups is 1. The fourth-order valence-corrected chi connectivity index (χ4v) is 3.01. The lowest BCUT2D eigenvalue weighted by Crippen LogP contribution is -2.45. The van der Waals surface area contributed by atoms with Crippen molar-refractivity contribution in [2.24, 2.45) is 0 Å². The summed E-state index contributed by atoms with van der Waals surface area (Å²) in [5, 5.41) is 8.88. The first-order valence-electron chi connectivity index (χ1n) is 8.89. The Balaban J connectivity index is 1.45. The molecule has 0 saturated carbocycles. The van der Waals surface area contributed by atoms with Gasteiger partial charge in [0.1, 0.15) is 11.9 Å². The maximum Gasteiger partial charge on any atom is 0.356 e. The topological polar surface area (TPSA) is 68.6 Å². The van der Waals surface area contributed by atoms with E-state index in [4.69, 9.17) is 19.5 Å².